The van der Waals surface area contributed by atoms with Gasteiger partial charge in [0.2, 0.25) is 0 Å². The van der Waals surface area contributed by atoms with Crippen molar-refractivity contribution in [2.75, 3.05) is 45.2 Å². The van der Waals surface area contributed by atoms with E-state index in [1.54, 1.807) is 4.90 Å². The van der Waals surface area contributed by atoms with E-state index in [1.165, 1.54) is 0 Å². The lowest BCUT2D eigenvalue weighted by atomic mass is 9.72. The maximum Gasteiger partial charge on any atom is 0.410 e. The molecule has 2 aliphatic heterocycles. The highest BCUT2D eigenvalue weighted by Gasteiger charge is 2.48. The smallest absolute Gasteiger partial charge is 0.410 e. The van der Waals surface area contributed by atoms with Gasteiger partial charge in [0.25, 0.3) is 0 Å². The van der Waals surface area contributed by atoms with Crippen LogP contribution in [0.5, 0.6) is 6.01 Å². The van der Waals surface area contributed by atoms with E-state index < -0.39 is 5.60 Å². The van der Waals surface area contributed by atoms with E-state index in [4.69, 9.17) is 14.5 Å². The first-order chi connectivity index (χ1) is 18.3. The summed E-state index contributed by atoms with van der Waals surface area (Å²) in [5.41, 5.74) is 0.700. The average molecular weight is 607 g/mol. The van der Waals surface area contributed by atoms with Crippen LogP contribution < -0.4 is 9.64 Å². The zero-order chi connectivity index (χ0) is 28.1. The largest absolute Gasteiger partial charge is 0.460 e. The van der Waals surface area contributed by atoms with Gasteiger partial charge >= 0.3 is 12.1 Å². The number of piperidine rings is 1. The van der Waals surface area contributed by atoms with Gasteiger partial charge in [-0.2, -0.15) is 9.97 Å². The first kappa shape index (κ1) is 28.3. The van der Waals surface area contributed by atoms with E-state index in [0.717, 1.165) is 63.0 Å². The Morgan fingerprint density at radius 1 is 1.13 bits per heavy atom. The first-order valence-corrected chi connectivity index (χ1v) is 14.9. The highest BCUT2D eigenvalue weighted by atomic mass is 79.9. The summed E-state index contributed by atoms with van der Waals surface area (Å²) in [6, 6.07) is 2.77. The van der Waals surface area contributed by atoms with Crippen molar-refractivity contribution >= 4 is 38.7 Å². The van der Waals surface area contributed by atoms with Gasteiger partial charge < -0.3 is 24.2 Å². The molecule has 1 spiro atoms. The fourth-order valence-corrected chi connectivity index (χ4v) is 6.45. The number of fused-ring (bicyclic) bond motifs is 1. The third-order valence-corrected chi connectivity index (χ3v) is 9.46. The van der Waals surface area contributed by atoms with E-state index in [9.17, 15) is 4.79 Å². The van der Waals surface area contributed by atoms with E-state index in [1.807, 2.05) is 33.8 Å². The van der Waals surface area contributed by atoms with Crippen LogP contribution in [-0.2, 0) is 4.74 Å². The molecule has 0 unspecified atom stereocenters. The Morgan fingerprint density at radius 2 is 1.77 bits per heavy atom. The standard InChI is InChI=1S/C29H41BrFN5O3/c1-18-15-21-24(23(31)22(18)30)32-26(38-20-9-7-19(8-10-20)34(5)6)33-25(21)35-13-11-29(12-14-35)16-36(17-29)27(37)39-28(2,3)4/h15,19-20H,7-14,16-17H2,1-6H3. The minimum Gasteiger partial charge on any atom is -0.460 e. The molecule has 39 heavy (non-hydrogen) atoms. The van der Waals surface area contributed by atoms with Crippen LogP contribution in [0, 0.1) is 18.2 Å². The maximum atomic E-state index is 15.5. The lowest BCUT2D eigenvalue weighted by molar-refractivity contribution is -0.0434. The second-order valence-corrected chi connectivity index (χ2v) is 13.7. The van der Waals surface area contributed by atoms with Crippen LogP contribution in [0.2, 0.25) is 0 Å². The Balaban J connectivity index is 1.33. The molecule has 3 aliphatic rings. The third-order valence-electron chi connectivity index (χ3n) is 8.49. The molecule has 2 aromatic rings. The van der Waals surface area contributed by atoms with Crippen molar-refractivity contribution in [2.45, 2.75) is 84.0 Å². The number of nitrogens with zero attached hydrogens (tertiary/aromatic N) is 5. The third kappa shape index (κ3) is 5.97. The number of carbonyl (C=O) groups is 1. The molecule has 0 atom stereocenters. The van der Waals surface area contributed by atoms with Gasteiger partial charge in [0.15, 0.2) is 5.82 Å². The lowest BCUT2D eigenvalue weighted by Gasteiger charge is -2.53. The predicted octanol–water partition coefficient (Wildman–Crippen LogP) is 5.93. The molecule has 0 bridgehead atoms. The molecule has 3 fully saturated rings. The molecule has 1 amide bonds. The van der Waals surface area contributed by atoms with Crippen LogP contribution in [0.4, 0.5) is 15.0 Å². The van der Waals surface area contributed by atoms with Crippen molar-refractivity contribution in [1.82, 2.24) is 19.8 Å². The second kappa shape index (κ2) is 10.7. The number of aromatic nitrogens is 2. The fraction of sp³-hybridized carbons (Fsp3) is 0.690. The molecule has 0 radical (unpaired) electrons. The molecule has 0 N–H and O–H groups in total. The Kier molecular flexibility index (Phi) is 7.74. The Labute approximate surface area is 239 Å². The van der Waals surface area contributed by atoms with E-state index in [-0.39, 0.29) is 35.0 Å². The SMILES string of the molecule is Cc1cc2c(N3CCC4(CC3)CN(C(=O)OC(C)(C)C)C4)nc(OC3CCC(N(C)C)CC3)nc2c(F)c1Br. The van der Waals surface area contributed by atoms with Crippen LogP contribution in [0.3, 0.4) is 0 Å². The minimum absolute atomic E-state index is 0.0295. The summed E-state index contributed by atoms with van der Waals surface area (Å²) in [5, 5.41) is 0.705. The molecule has 214 valence electrons. The summed E-state index contributed by atoms with van der Waals surface area (Å²) in [6.45, 7) is 10.5. The maximum absolute atomic E-state index is 15.5. The van der Waals surface area contributed by atoms with Crippen LogP contribution >= 0.6 is 15.9 Å². The molecular weight excluding hydrogens is 565 g/mol. The van der Waals surface area contributed by atoms with E-state index in [0.29, 0.717) is 29.0 Å². The van der Waals surface area contributed by atoms with Gasteiger partial charge in [-0.15, -0.1) is 0 Å². The number of hydrogen-bond acceptors (Lipinski definition) is 7. The Hall–Kier alpha value is -2.20. The quantitative estimate of drug-likeness (QED) is 0.428. The summed E-state index contributed by atoms with van der Waals surface area (Å²) in [6.07, 6.45) is 5.63. The van der Waals surface area contributed by atoms with E-state index in [2.05, 4.69) is 44.8 Å². The van der Waals surface area contributed by atoms with Crippen LogP contribution in [0.1, 0.15) is 64.9 Å². The van der Waals surface area contributed by atoms with Gasteiger partial charge in [0.05, 0.1) is 4.47 Å². The number of aryl methyl sites for hydroxylation is 1. The van der Waals surface area contributed by atoms with Gasteiger partial charge in [-0.3, -0.25) is 0 Å². The average Bonchev–Trinajstić information content (AvgIpc) is 2.85. The summed E-state index contributed by atoms with van der Waals surface area (Å²) < 4.78 is 27.7. The number of anilines is 1. The zero-order valence-electron chi connectivity index (χ0n) is 24.0. The summed E-state index contributed by atoms with van der Waals surface area (Å²) >= 11 is 3.39. The number of ether oxygens (including phenoxy) is 2. The Morgan fingerprint density at radius 3 is 2.36 bits per heavy atom. The van der Waals surface area contributed by atoms with Crippen molar-refractivity contribution in [2.24, 2.45) is 5.41 Å². The van der Waals surface area contributed by atoms with Gasteiger partial charge in [-0.25, -0.2) is 9.18 Å². The predicted molar refractivity (Wildman–Crippen MR) is 154 cm³/mol. The van der Waals surface area contributed by atoms with Crippen LogP contribution in [0.25, 0.3) is 10.9 Å². The number of likely N-dealkylation sites (tertiary alicyclic amines) is 1. The van der Waals surface area contributed by atoms with Crippen molar-refractivity contribution in [3.05, 3.63) is 21.9 Å². The molecule has 5 rings (SSSR count). The van der Waals surface area contributed by atoms with Crippen molar-refractivity contribution < 1.29 is 18.7 Å². The van der Waals surface area contributed by atoms with Crippen molar-refractivity contribution in [3.8, 4) is 6.01 Å². The summed E-state index contributed by atoms with van der Waals surface area (Å²) in [7, 11) is 4.24. The summed E-state index contributed by atoms with van der Waals surface area (Å²) in [5.74, 6) is 0.347. The topological polar surface area (TPSA) is 71.0 Å². The highest BCUT2D eigenvalue weighted by Crippen LogP contribution is 2.43. The lowest BCUT2D eigenvalue weighted by Crippen LogP contribution is -2.62. The molecule has 10 heteroatoms. The van der Waals surface area contributed by atoms with Crippen molar-refractivity contribution in [3.63, 3.8) is 0 Å². The molecule has 1 saturated carbocycles. The molecule has 3 heterocycles. The van der Waals surface area contributed by atoms with Gasteiger partial charge in [-0.1, -0.05) is 0 Å². The Bertz CT molecular complexity index is 1230. The number of halogens is 2. The molecule has 8 nitrogen and oxygen atoms in total. The molecule has 1 aromatic heterocycles. The molecule has 2 saturated heterocycles. The number of benzene rings is 1. The number of amides is 1. The van der Waals surface area contributed by atoms with Crippen LogP contribution in [-0.4, -0.2) is 83.9 Å². The monoisotopic (exact) mass is 605 g/mol. The zero-order valence-corrected chi connectivity index (χ0v) is 25.6. The van der Waals surface area contributed by atoms with Crippen molar-refractivity contribution in [1.29, 1.82) is 0 Å². The second-order valence-electron chi connectivity index (χ2n) is 12.9. The van der Waals surface area contributed by atoms with Gasteiger partial charge in [-0.05, 0) is 108 Å². The van der Waals surface area contributed by atoms with Gasteiger partial charge in [0.1, 0.15) is 23.0 Å². The summed E-state index contributed by atoms with van der Waals surface area (Å²) in [4.78, 5) is 28.2. The fourth-order valence-electron chi connectivity index (χ4n) is 6.15. The number of carbonyl (C=O) groups excluding carboxylic acids is 1. The molecule has 1 aromatic carbocycles. The van der Waals surface area contributed by atoms with Gasteiger partial charge in [0, 0.05) is 43.0 Å². The van der Waals surface area contributed by atoms with E-state index >= 15 is 4.39 Å². The van der Waals surface area contributed by atoms with Crippen LogP contribution in [0.15, 0.2) is 10.5 Å². The normalized spacial score (nSPS) is 23.3. The number of hydrogen-bond donors (Lipinski definition) is 0. The molecule has 1 aliphatic carbocycles. The first-order valence-electron chi connectivity index (χ1n) is 14.1. The minimum atomic E-state index is -0.495. The number of rotatable bonds is 4. The molecular formula is C29H41BrFN5O3. The highest BCUT2D eigenvalue weighted by molar-refractivity contribution is 9.10.